The summed E-state index contributed by atoms with van der Waals surface area (Å²) in [6.07, 6.45) is 1.70. The normalized spacial score (nSPS) is 15.6. The van der Waals surface area contributed by atoms with Crippen LogP contribution in [0.4, 0.5) is 10.1 Å². The monoisotopic (exact) mass is 338 g/mol. The first kappa shape index (κ1) is 15.8. The molecule has 0 atom stereocenters. The molecular formula is C20H21FN3O+. The molecule has 128 valence electrons. The summed E-state index contributed by atoms with van der Waals surface area (Å²) in [6, 6.07) is 14.9. The maximum Gasteiger partial charge on any atom is 0.219 e. The number of ketones is 1. The van der Waals surface area contributed by atoms with Gasteiger partial charge >= 0.3 is 0 Å². The van der Waals surface area contributed by atoms with E-state index < -0.39 is 0 Å². The lowest BCUT2D eigenvalue weighted by Crippen LogP contribution is -3.15. The molecule has 3 aromatic rings. The van der Waals surface area contributed by atoms with Gasteiger partial charge in [-0.1, -0.05) is 18.2 Å². The molecule has 1 fully saturated rings. The fourth-order valence-electron chi connectivity index (χ4n) is 3.54. The molecule has 0 spiro atoms. The van der Waals surface area contributed by atoms with Crippen LogP contribution in [0.1, 0.15) is 10.4 Å². The molecule has 1 saturated heterocycles. The number of H-pyrrole nitrogens is 1. The van der Waals surface area contributed by atoms with Crippen LogP contribution in [0, 0.1) is 5.82 Å². The number of anilines is 1. The number of hydrogen-bond donors (Lipinski definition) is 2. The van der Waals surface area contributed by atoms with Crippen molar-refractivity contribution in [3.05, 3.63) is 66.1 Å². The summed E-state index contributed by atoms with van der Waals surface area (Å²) < 4.78 is 13.5. The summed E-state index contributed by atoms with van der Waals surface area (Å²) >= 11 is 0. The number of benzene rings is 2. The van der Waals surface area contributed by atoms with Gasteiger partial charge in [-0.2, -0.15) is 0 Å². The molecule has 0 radical (unpaired) electrons. The van der Waals surface area contributed by atoms with Gasteiger partial charge in [-0.3, -0.25) is 4.79 Å². The minimum atomic E-state index is -0.315. The van der Waals surface area contributed by atoms with Crippen molar-refractivity contribution in [3.8, 4) is 0 Å². The van der Waals surface area contributed by atoms with Crippen molar-refractivity contribution in [2.75, 3.05) is 37.6 Å². The van der Waals surface area contributed by atoms with Gasteiger partial charge < -0.3 is 14.8 Å². The predicted octanol–water partition coefficient (Wildman–Crippen LogP) is 1.89. The van der Waals surface area contributed by atoms with Gasteiger partial charge in [-0.05, 0) is 30.3 Å². The van der Waals surface area contributed by atoms with E-state index in [2.05, 4.69) is 22.0 Å². The molecule has 2 N–H and O–H groups in total. The van der Waals surface area contributed by atoms with Crippen molar-refractivity contribution >= 4 is 22.4 Å². The molecule has 25 heavy (non-hydrogen) atoms. The second-order valence-electron chi connectivity index (χ2n) is 6.56. The number of halogens is 1. The summed E-state index contributed by atoms with van der Waals surface area (Å²) in [4.78, 5) is 19.4. The fourth-order valence-corrected chi connectivity index (χ4v) is 3.54. The molecule has 1 aliphatic rings. The number of carbonyl (C=O) groups is 1. The highest BCUT2D eigenvalue weighted by atomic mass is 19.1. The van der Waals surface area contributed by atoms with E-state index >= 15 is 0 Å². The first-order valence-corrected chi connectivity index (χ1v) is 8.64. The van der Waals surface area contributed by atoms with Crippen LogP contribution in [0.15, 0.2) is 54.7 Å². The quantitative estimate of drug-likeness (QED) is 0.714. The van der Waals surface area contributed by atoms with E-state index in [9.17, 15) is 9.18 Å². The Hall–Kier alpha value is -2.66. The highest BCUT2D eigenvalue weighted by Gasteiger charge is 2.24. The Kier molecular flexibility index (Phi) is 4.24. The van der Waals surface area contributed by atoms with Crippen molar-refractivity contribution in [2.45, 2.75) is 0 Å². The van der Waals surface area contributed by atoms with E-state index in [-0.39, 0.29) is 11.6 Å². The third-order valence-electron chi connectivity index (χ3n) is 4.95. The predicted molar refractivity (Wildman–Crippen MR) is 96.8 cm³/mol. The Morgan fingerprint density at radius 2 is 1.88 bits per heavy atom. The number of aromatic nitrogens is 1. The van der Waals surface area contributed by atoms with Crippen LogP contribution in [0.3, 0.4) is 0 Å². The zero-order valence-corrected chi connectivity index (χ0v) is 14.0. The number of nitrogens with one attached hydrogen (secondary N) is 2. The number of rotatable bonds is 4. The van der Waals surface area contributed by atoms with Gasteiger partial charge in [0, 0.05) is 28.4 Å². The first-order chi connectivity index (χ1) is 12.2. The lowest BCUT2D eigenvalue weighted by molar-refractivity contribution is -0.892. The molecule has 1 aromatic heterocycles. The van der Waals surface area contributed by atoms with Gasteiger partial charge in [0.25, 0.3) is 0 Å². The zero-order chi connectivity index (χ0) is 17.2. The highest BCUT2D eigenvalue weighted by molar-refractivity contribution is 6.08. The molecule has 2 aromatic carbocycles. The first-order valence-electron chi connectivity index (χ1n) is 8.64. The minimum Gasteiger partial charge on any atom is -0.360 e. The van der Waals surface area contributed by atoms with Gasteiger partial charge in [-0.15, -0.1) is 0 Å². The molecule has 0 saturated carbocycles. The lowest BCUT2D eigenvalue weighted by Gasteiger charge is -2.33. The molecular weight excluding hydrogens is 317 g/mol. The van der Waals surface area contributed by atoms with Crippen molar-refractivity contribution in [2.24, 2.45) is 0 Å². The van der Waals surface area contributed by atoms with Crippen LogP contribution in [0.2, 0.25) is 0 Å². The van der Waals surface area contributed by atoms with E-state index in [1.54, 1.807) is 12.3 Å². The van der Waals surface area contributed by atoms with Crippen LogP contribution < -0.4 is 9.80 Å². The van der Waals surface area contributed by atoms with Crippen molar-refractivity contribution in [3.63, 3.8) is 0 Å². The second kappa shape index (κ2) is 6.69. The molecule has 0 unspecified atom stereocenters. The number of Topliss-reactive ketones (excluding diaryl/α,β-unsaturated/α-hetero) is 1. The molecule has 0 amide bonds. The summed E-state index contributed by atoms with van der Waals surface area (Å²) in [7, 11) is 0. The number of nitrogens with zero attached hydrogens (tertiary/aromatic N) is 1. The van der Waals surface area contributed by atoms with Crippen LogP contribution in [0.5, 0.6) is 0 Å². The van der Waals surface area contributed by atoms with Crippen LogP contribution in [-0.4, -0.2) is 43.5 Å². The molecule has 2 heterocycles. The maximum atomic E-state index is 13.5. The van der Waals surface area contributed by atoms with E-state index in [0.717, 1.165) is 31.7 Å². The van der Waals surface area contributed by atoms with Crippen LogP contribution in [0.25, 0.3) is 10.9 Å². The Balaban J connectivity index is 1.41. The van der Waals surface area contributed by atoms with E-state index in [1.165, 1.54) is 22.7 Å². The van der Waals surface area contributed by atoms with Crippen molar-refractivity contribution < 1.29 is 14.1 Å². The largest absolute Gasteiger partial charge is 0.360 e. The Labute approximate surface area is 145 Å². The number of fused-ring (bicyclic) bond motifs is 1. The molecule has 4 nitrogen and oxygen atoms in total. The third kappa shape index (κ3) is 3.28. The fraction of sp³-hybridized carbons (Fsp3) is 0.250. The van der Waals surface area contributed by atoms with E-state index in [4.69, 9.17) is 0 Å². The summed E-state index contributed by atoms with van der Waals surface area (Å²) in [5.74, 6) is -0.245. The zero-order valence-electron chi connectivity index (χ0n) is 14.0. The van der Waals surface area contributed by atoms with Gasteiger partial charge in [0.15, 0.2) is 0 Å². The number of hydrogen-bond acceptors (Lipinski definition) is 2. The number of aromatic amines is 1. The van der Waals surface area contributed by atoms with Gasteiger partial charge in [-0.25, -0.2) is 4.39 Å². The number of carbonyl (C=O) groups excluding carboxylic acids is 1. The maximum absolute atomic E-state index is 13.5. The molecule has 0 bridgehead atoms. The Morgan fingerprint density at radius 3 is 2.64 bits per heavy atom. The Morgan fingerprint density at radius 1 is 1.12 bits per heavy atom. The smallest absolute Gasteiger partial charge is 0.219 e. The average molecular weight is 338 g/mol. The standard InChI is InChI=1S/C20H20FN3O/c21-15-6-7-19-17(12-15)18(13-22-19)20(25)14-23-8-10-24(11-9-23)16-4-2-1-3-5-16/h1-7,12-13,22H,8-11,14H2/p+1. The number of piperazine rings is 1. The van der Waals surface area contributed by atoms with E-state index in [0.29, 0.717) is 17.5 Å². The second-order valence-corrected chi connectivity index (χ2v) is 6.56. The van der Waals surface area contributed by atoms with Crippen LogP contribution in [-0.2, 0) is 0 Å². The van der Waals surface area contributed by atoms with E-state index in [1.807, 2.05) is 18.2 Å². The summed E-state index contributed by atoms with van der Waals surface area (Å²) in [6.45, 7) is 4.19. The summed E-state index contributed by atoms with van der Waals surface area (Å²) in [5, 5.41) is 0.673. The average Bonchev–Trinajstić information content (AvgIpc) is 3.06. The molecule has 4 rings (SSSR count). The highest BCUT2D eigenvalue weighted by Crippen LogP contribution is 2.19. The molecule has 5 heteroatoms. The molecule has 0 aliphatic carbocycles. The molecule has 1 aliphatic heterocycles. The number of quaternary nitrogens is 1. The van der Waals surface area contributed by atoms with Crippen LogP contribution >= 0.6 is 0 Å². The van der Waals surface area contributed by atoms with Crippen molar-refractivity contribution in [1.82, 2.24) is 4.98 Å². The summed E-state index contributed by atoms with van der Waals surface area (Å²) in [5.41, 5.74) is 2.63. The minimum absolute atomic E-state index is 0.0695. The third-order valence-corrected chi connectivity index (χ3v) is 4.95. The van der Waals surface area contributed by atoms with Gasteiger partial charge in [0.05, 0.1) is 26.2 Å². The Bertz CT molecular complexity index is 882. The van der Waals surface area contributed by atoms with Gasteiger partial charge in [0.2, 0.25) is 5.78 Å². The number of para-hydroxylation sites is 1. The van der Waals surface area contributed by atoms with Gasteiger partial charge in [0.1, 0.15) is 12.4 Å². The van der Waals surface area contributed by atoms with Crippen molar-refractivity contribution in [1.29, 1.82) is 0 Å². The SMILES string of the molecule is O=C(C[NH+]1CCN(c2ccccc2)CC1)c1c[nH]c2ccc(F)cc12. The lowest BCUT2D eigenvalue weighted by atomic mass is 10.1. The topological polar surface area (TPSA) is 40.5 Å².